The van der Waals surface area contributed by atoms with Crippen molar-refractivity contribution in [1.29, 1.82) is 0 Å². The number of benzene rings is 1. The van der Waals surface area contributed by atoms with Crippen LogP contribution in [0.3, 0.4) is 0 Å². The number of aromatic nitrogens is 1. The average Bonchev–Trinajstić information content (AvgIpc) is 3.03. The smallest absolute Gasteiger partial charge is 0.343 e. The summed E-state index contributed by atoms with van der Waals surface area (Å²) in [5.74, 6) is -1.35. The summed E-state index contributed by atoms with van der Waals surface area (Å²) in [6.07, 6.45) is -3.94. The zero-order valence-corrected chi connectivity index (χ0v) is 14.6. The molecule has 1 heterocycles. The number of alkyl halides is 3. The highest BCUT2D eigenvalue weighted by atomic mass is 32.1. The van der Waals surface area contributed by atoms with E-state index in [-0.39, 0.29) is 11.3 Å². The lowest BCUT2D eigenvalue weighted by Crippen LogP contribution is -2.33. The summed E-state index contributed by atoms with van der Waals surface area (Å²) in [5, 5.41) is 6.73. The normalized spacial score (nSPS) is 11.3. The molecule has 0 saturated carbocycles. The van der Waals surface area contributed by atoms with Crippen LogP contribution in [0.25, 0.3) is 0 Å². The van der Waals surface area contributed by atoms with E-state index in [1.807, 2.05) is 0 Å². The van der Waals surface area contributed by atoms with Gasteiger partial charge in [-0.3, -0.25) is 9.59 Å². The van der Waals surface area contributed by atoms with Gasteiger partial charge in [-0.2, -0.15) is 13.2 Å². The standard InChI is InChI=1S/C16H17F3N4O2S/c1-9-2-3-10(14(24)21-8-16(17,18)19)6-11(9)23-15(25)12-7-26-13(22-12)4-5-20/h2-3,6-7H,4-5,8,20H2,1H3,(H,21,24)(H,23,25). The highest BCUT2D eigenvalue weighted by Gasteiger charge is 2.28. The molecule has 2 aromatic rings. The molecule has 10 heteroatoms. The predicted molar refractivity (Wildman–Crippen MR) is 92.4 cm³/mol. The van der Waals surface area contributed by atoms with Crippen molar-refractivity contribution in [1.82, 2.24) is 10.3 Å². The molecule has 0 atom stereocenters. The van der Waals surface area contributed by atoms with Crippen molar-refractivity contribution < 1.29 is 22.8 Å². The summed E-state index contributed by atoms with van der Waals surface area (Å²) < 4.78 is 36.6. The fourth-order valence-electron chi connectivity index (χ4n) is 2.02. The molecule has 2 rings (SSSR count). The number of aryl methyl sites for hydroxylation is 1. The molecular weight excluding hydrogens is 369 g/mol. The molecule has 6 nitrogen and oxygen atoms in total. The Hall–Kier alpha value is -2.46. The molecule has 0 fully saturated rings. The maximum atomic E-state index is 12.3. The summed E-state index contributed by atoms with van der Waals surface area (Å²) in [6.45, 7) is 0.695. The molecule has 4 N–H and O–H groups in total. The van der Waals surface area contributed by atoms with Crippen molar-refractivity contribution in [2.45, 2.75) is 19.5 Å². The van der Waals surface area contributed by atoms with Gasteiger partial charge < -0.3 is 16.4 Å². The van der Waals surface area contributed by atoms with Crippen molar-refractivity contribution in [2.75, 3.05) is 18.4 Å². The van der Waals surface area contributed by atoms with E-state index in [4.69, 9.17) is 5.73 Å². The predicted octanol–water partition coefficient (Wildman–Crippen LogP) is 2.50. The van der Waals surface area contributed by atoms with Crippen LogP contribution in [0.15, 0.2) is 23.6 Å². The minimum Gasteiger partial charge on any atom is -0.343 e. The lowest BCUT2D eigenvalue weighted by atomic mass is 10.1. The van der Waals surface area contributed by atoms with Crippen LogP contribution in [0.2, 0.25) is 0 Å². The largest absolute Gasteiger partial charge is 0.405 e. The Morgan fingerprint density at radius 1 is 1.27 bits per heavy atom. The Kier molecular flexibility index (Phi) is 6.32. The van der Waals surface area contributed by atoms with E-state index < -0.39 is 24.5 Å². The number of nitrogens with zero attached hydrogens (tertiary/aromatic N) is 1. The van der Waals surface area contributed by atoms with Crippen molar-refractivity contribution in [3.63, 3.8) is 0 Å². The van der Waals surface area contributed by atoms with E-state index in [9.17, 15) is 22.8 Å². The van der Waals surface area contributed by atoms with E-state index in [1.54, 1.807) is 23.7 Å². The van der Waals surface area contributed by atoms with Crippen LogP contribution in [0.1, 0.15) is 31.4 Å². The van der Waals surface area contributed by atoms with Gasteiger partial charge in [-0.05, 0) is 31.2 Å². The van der Waals surface area contributed by atoms with Gasteiger partial charge in [0.15, 0.2) is 0 Å². The second-order valence-electron chi connectivity index (χ2n) is 5.45. The summed E-state index contributed by atoms with van der Waals surface area (Å²) in [4.78, 5) is 28.3. The van der Waals surface area contributed by atoms with E-state index in [1.165, 1.54) is 23.5 Å². The third kappa shape index (κ3) is 5.53. The third-order valence-electron chi connectivity index (χ3n) is 3.34. The first kappa shape index (κ1) is 19.9. The molecule has 0 bridgehead atoms. The van der Waals surface area contributed by atoms with Crippen LogP contribution in [-0.4, -0.2) is 36.1 Å². The van der Waals surface area contributed by atoms with Crippen molar-refractivity contribution in [3.05, 3.63) is 45.4 Å². The fraction of sp³-hybridized carbons (Fsp3) is 0.312. The number of rotatable bonds is 6. The van der Waals surface area contributed by atoms with Gasteiger partial charge in [-0.25, -0.2) is 4.98 Å². The highest BCUT2D eigenvalue weighted by molar-refractivity contribution is 7.09. The Morgan fingerprint density at radius 3 is 2.65 bits per heavy atom. The lowest BCUT2D eigenvalue weighted by molar-refractivity contribution is -0.123. The second kappa shape index (κ2) is 8.28. The molecule has 0 radical (unpaired) electrons. The number of carbonyl (C=O) groups is 2. The van der Waals surface area contributed by atoms with Crippen LogP contribution in [0.5, 0.6) is 0 Å². The number of nitrogens with one attached hydrogen (secondary N) is 2. The Labute approximate surface area is 151 Å². The van der Waals surface area contributed by atoms with Crippen molar-refractivity contribution in [3.8, 4) is 0 Å². The maximum absolute atomic E-state index is 12.3. The van der Waals surface area contributed by atoms with E-state index in [0.717, 1.165) is 5.01 Å². The molecule has 2 amide bonds. The number of amides is 2. The van der Waals surface area contributed by atoms with Gasteiger partial charge in [-0.15, -0.1) is 11.3 Å². The third-order valence-corrected chi connectivity index (χ3v) is 4.25. The highest BCUT2D eigenvalue weighted by Crippen LogP contribution is 2.19. The molecular formula is C16H17F3N4O2S. The molecule has 0 aliphatic rings. The summed E-state index contributed by atoms with van der Waals surface area (Å²) in [6, 6.07) is 4.25. The van der Waals surface area contributed by atoms with E-state index in [2.05, 4.69) is 10.3 Å². The Balaban J connectivity index is 2.11. The molecule has 0 aliphatic carbocycles. The van der Waals surface area contributed by atoms with Crippen LogP contribution in [0.4, 0.5) is 18.9 Å². The van der Waals surface area contributed by atoms with Gasteiger partial charge in [0.1, 0.15) is 12.2 Å². The van der Waals surface area contributed by atoms with Gasteiger partial charge in [0.2, 0.25) is 0 Å². The molecule has 0 saturated heterocycles. The lowest BCUT2D eigenvalue weighted by Gasteiger charge is -2.11. The number of nitrogens with two attached hydrogens (primary N) is 1. The number of hydrogen-bond donors (Lipinski definition) is 3. The fourth-order valence-corrected chi connectivity index (χ4v) is 2.81. The second-order valence-corrected chi connectivity index (χ2v) is 6.39. The molecule has 0 spiro atoms. The zero-order valence-electron chi connectivity index (χ0n) is 13.8. The Morgan fingerprint density at radius 2 is 2.00 bits per heavy atom. The van der Waals surface area contributed by atoms with Gasteiger partial charge in [0, 0.05) is 23.1 Å². The minimum atomic E-state index is -4.50. The molecule has 0 unspecified atom stereocenters. The van der Waals surface area contributed by atoms with E-state index in [0.29, 0.717) is 24.2 Å². The molecule has 1 aromatic carbocycles. The zero-order chi connectivity index (χ0) is 19.3. The first-order chi connectivity index (χ1) is 12.2. The number of hydrogen-bond acceptors (Lipinski definition) is 5. The Bertz CT molecular complexity index is 805. The van der Waals surface area contributed by atoms with Crippen LogP contribution >= 0.6 is 11.3 Å². The van der Waals surface area contributed by atoms with Crippen LogP contribution in [0, 0.1) is 6.92 Å². The maximum Gasteiger partial charge on any atom is 0.405 e. The summed E-state index contributed by atoms with van der Waals surface area (Å²) in [5.41, 5.74) is 6.65. The SMILES string of the molecule is Cc1ccc(C(=O)NCC(F)(F)F)cc1NC(=O)c1csc(CCN)n1. The molecule has 1 aromatic heterocycles. The topological polar surface area (TPSA) is 97.1 Å². The molecule has 26 heavy (non-hydrogen) atoms. The van der Waals surface area contributed by atoms with Crippen molar-refractivity contribution in [2.24, 2.45) is 5.73 Å². The quantitative estimate of drug-likeness (QED) is 0.711. The number of anilines is 1. The molecule has 0 aliphatic heterocycles. The van der Waals surface area contributed by atoms with Crippen molar-refractivity contribution >= 4 is 28.8 Å². The van der Waals surface area contributed by atoms with E-state index >= 15 is 0 Å². The van der Waals surface area contributed by atoms with Crippen LogP contribution in [-0.2, 0) is 6.42 Å². The van der Waals surface area contributed by atoms with Gasteiger partial charge in [0.05, 0.1) is 5.01 Å². The number of halogens is 3. The minimum absolute atomic E-state index is 0.0113. The van der Waals surface area contributed by atoms with Gasteiger partial charge in [0.25, 0.3) is 11.8 Å². The average molecular weight is 386 g/mol. The summed E-state index contributed by atoms with van der Waals surface area (Å²) >= 11 is 1.31. The van der Waals surface area contributed by atoms with Gasteiger partial charge >= 0.3 is 6.18 Å². The molecule has 140 valence electrons. The van der Waals surface area contributed by atoms with Crippen LogP contribution < -0.4 is 16.4 Å². The number of thiazole rings is 1. The van der Waals surface area contributed by atoms with Gasteiger partial charge in [-0.1, -0.05) is 6.07 Å². The summed E-state index contributed by atoms with van der Waals surface area (Å²) in [7, 11) is 0. The monoisotopic (exact) mass is 386 g/mol. The first-order valence-electron chi connectivity index (χ1n) is 7.61. The number of carbonyl (C=O) groups excluding carboxylic acids is 2. The first-order valence-corrected chi connectivity index (χ1v) is 8.49.